The Morgan fingerprint density at radius 1 is 1.73 bits per heavy atom. The lowest BCUT2D eigenvalue weighted by molar-refractivity contribution is 0.129. The zero-order valence-electron chi connectivity index (χ0n) is 7.43. The molecule has 1 aliphatic heterocycles. The van der Waals surface area contributed by atoms with E-state index in [4.69, 9.17) is 4.74 Å². The molecular weight excluding hydrogens is 145 g/mol. The molecule has 0 saturated carbocycles. The van der Waals surface area contributed by atoms with Crippen molar-refractivity contribution in [2.24, 2.45) is 0 Å². The summed E-state index contributed by atoms with van der Waals surface area (Å²) in [5, 5.41) is 0. The molecule has 1 heterocycles. The van der Waals surface area contributed by atoms with E-state index in [-0.39, 0.29) is 6.04 Å². The van der Waals surface area contributed by atoms with Gasteiger partial charge in [-0.25, -0.2) is 4.39 Å². The van der Waals surface area contributed by atoms with E-state index in [0.717, 1.165) is 0 Å². The van der Waals surface area contributed by atoms with E-state index >= 15 is 0 Å². The molecule has 2 atom stereocenters. The Labute approximate surface area is 67.3 Å². The van der Waals surface area contributed by atoms with Gasteiger partial charge in [0.25, 0.3) is 0 Å². The summed E-state index contributed by atoms with van der Waals surface area (Å²) < 4.78 is 18.3. The molecule has 0 bridgehead atoms. The van der Waals surface area contributed by atoms with Crippen molar-refractivity contribution in [3.8, 4) is 0 Å². The van der Waals surface area contributed by atoms with Crippen molar-refractivity contribution in [3.05, 3.63) is 0 Å². The molecule has 1 fully saturated rings. The molecule has 0 aliphatic carbocycles. The van der Waals surface area contributed by atoms with Gasteiger partial charge in [-0.3, -0.25) is 4.90 Å². The van der Waals surface area contributed by atoms with E-state index in [1.165, 1.54) is 0 Å². The normalized spacial score (nSPS) is 39.8. The Balaban J connectivity index is 2.45. The number of ether oxygens (including phenoxy) is 1. The summed E-state index contributed by atoms with van der Waals surface area (Å²) in [6.45, 7) is 2.82. The van der Waals surface area contributed by atoms with E-state index in [2.05, 4.69) is 0 Å². The monoisotopic (exact) mass is 161 g/mol. The maximum absolute atomic E-state index is 13.3. The second-order valence-electron chi connectivity index (χ2n) is 3.64. The van der Waals surface area contributed by atoms with Gasteiger partial charge in [-0.05, 0) is 14.0 Å². The van der Waals surface area contributed by atoms with E-state index < -0.39 is 5.67 Å². The summed E-state index contributed by atoms with van der Waals surface area (Å²) in [4.78, 5) is 2.02. The first kappa shape index (κ1) is 8.94. The Bertz CT molecular complexity index is 138. The highest BCUT2D eigenvalue weighted by molar-refractivity contribution is 4.92. The number of hydrogen-bond acceptors (Lipinski definition) is 2. The summed E-state index contributed by atoms with van der Waals surface area (Å²) >= 11 is 0. The molecule has 3 heteroatoms. The van der Waals surface area contributed by atoms with Crippen molar-refractivity contribution >= 4 is 0 Å². The fraction of sp³-hybridized carbons (Fsp3) is 1.00. The minimum Gasteiger partial charge on any atom is -0.383 e. The minimum atomic E-state index is -1.02. The van der Waals surface area contributed by atoms with Crippen LogP contribution in [0.2, 0.25) is 0 Å². The standard InChI is InChI=1S/C8H16FNO/c1-8(9)4-7(5-11-3)10(2)6-8/h7H,4-6H2,1-3H3/t7-,8-/m0/s1. The average Bonchev–Trinajstić information content (AvgIpc) is 2.07. The Morgan fingerprint density at radius 3 is 2.73 bits per heavy atom. The van der Waals surface area contributed by atoms with Gasteiger partial charge >= 0.3 is 0 Å². The zero-order valence-corrected chi connectivity index (χ0v) is 7.43. The third-order valence-electron chi connectivity index (χ3n) is 2.22. The molecule has 11 heavy (non-hydrogen) atoms. The van der Waals surface area contributed by atoms with Crippen LogP contribution in [0.4, 0.5) is 4.39 Å². The van der Waals surface area contributed by atoms with Crippen LogP contribution in [-0.2, 0) is 4.74 Å². The van der Waals surface area contributed by atoms with Crippen molar-refractivity contribution in [3.63, 3.8) is 0 Å². The van der Waals surface area contributed by atoms with E-state index in [9.17, 15) is 4.39 Å². The highest BCUT2D eigenvalue weighted by atomic mass is 19.1. The van der Waals surface area contributed by atoms with Crippen molar-refractivity contribution in [2.45, 2.75) is 25.1 Å². The molecule has 1 aliphatic rings. The Hall–Kier alpha value is -0.150. The Morgan fingerprint density at radius 2 is 2.36 bits per heavy atom. The molecule has 1 rings (SSSR count). The summed E-state index contributed by atoms with van der Waals surface area (Å²) in [6, 6.07) is 0.259. The maximum atomic E-state index is 13.3. The van der Waals surface area contributed by atoms with Crippen LogP contribution in [0.5, 0.6) is 0 Å². The second-order valence-corrected chi connectivity index (χ2v) is 3.64. The molecule has 0 unspecified atom stereocenters. The number of alkyl halides is 1. The predicted molar refractivity (Wildman–Crippen MR) is 42.4 cm³/mol. The molecule has 0 N–H and O–H groups in total. The maximum Gasteiger partial charge on any atom is 0.122 e. The van der Waals surface area contributed by atoms with Gasteiger partial charge in [-0.15, -0.1) is 0 Å². The lowest BCUT2D eigenvalue weighted by Gasteiger charge is -2.16. The number of nitrogens with zero attached hydrogens (tertiary/aromatic N) is 1. The first-order valence-corrected chi connectivity index (χ1v) is 3.93. The molecule has 0 aromatic rings. The van der Waals surface area contributed by atoms with Crippen LogP contribution in [0, 0.1) is 0 Å². The molecular formula is C8H16FNO. The van der Waals surface area contributed by atoms with Crippen LogP contribution < -0.4 is 0 Å². The second kappa shape index (κ2) is 3.07. The molecule has 0 amide bonds. The van der Waals surface area contributed by atoms with E-state index in [0.29, 0.717) is 19.6 Å². The topological polar surface area (TPSA) is 12.5 Å². The van der Waals surface area contributed by atoms with Crippen molar-refractivity contribution in [1.29, 1.82) is 0 Å². The lowest BCUT2D eigenvalue weighted by Crippen LogP contribution is -2.29. The van der Waals surface area contributed by atoms with Gasteiger partial charge in [0.05, 0.1) is 6.61 Å². The number of hydrogen-bond donors (Lipinski definition) is 0. The first-order chi connectivity index (χ1) is 5.05. The highest BCUT2D eigenvalue weighted by Gasteiger charge is 2.38. The predicted octanol–water partition coefficient (Wildman–Crippen LogP) is 1.07. The largest absolute Gasteiger partial charge is 0.383 e. The van der Waals surface area contributed by atoms with Crippen LogP contribution in [-0.4, -0.2) is 43.9 Å². The van der Waals surface area contributed by atoms with Gasteiger partial charge in [-0.2, -0.15) is 0 Å². The van der Waals surface area contributed by atoms with Crippen LogP contribution in [0.25, 0.3) is 0 Å². The van der Waals surface area contributed by atoms with Gasteiger partial charge in [0.15, 0.2) is 0 Å². The number of methoxy groups -OCH3 is 1. The van der Waals surface area contributed by atoms with Crippen LogP contribution in [0.1, 0.15) is 13.3 Å². The fourth-order valence-corrected chi connectivity index (χ4v) is 1.74. The van der Waals surface area contributed by atoms with Gasteiger partial charge in [0.2, 0.25) is 0 Å². The lowest BCUT2D eigenvalue weighted by atomic mass is 10.1. The minimum absolute atomic E-state index is 0.259. The third kappa shape index (κ3) is 2.14. The molecule has 0 spiro atoms. The van der Waals surface area contributed by atoms with Gasteiger partial charge < -0.3 is 4.74 Å². The van der Waals surface area contributed by atoms with E-state index in [1.807, 2.05) is 11.9 Å². The van der Waals surface area contributed by atoms with Crippen molar-refractivity contribution in [1.82, 2.24) is 4.90 Å². The molecule has 1 saturated heterocycles. The summed E-state index contributed by atoms with van der Waals surface area (Å²) in [5.74, 6) is 0. The summed E-state index contributed by atoms with van der Waals surface area (Å²) in [6.07, 6.45) is 0.595. The Kier molecular flexibility index (Phi) is 2.50. The number of likely N-dealkylation sites (N-methyl/N-ethyl adjacent to an activating group) is 1. The first-order valence-electron chi connectivity index (χ1n) is 3.93. The third-order valence-corrected chi connectivity index (χ3v) is 2.22. The SMILES string of the molecule is COC[C@@H]1C[C@](C)(F)CN1C. The number of likely N-dealkylation sites (tertiary alicyclic amines) is 1. The average molecular weight is 161 g/mol. The van der Waals surface area contributed by atoms with Crippen LogP contribution >= 0.6 is 0 Å². The van der Waals surface area contributed by atoms with Crippen LogP contribution in [0.15, 0.2) is 0 Å². The number of rotatable bonds is 2. The summed E-state index contributed by atoms with van der Waals surface area (Å²) in [7, 11) is 3.59. The quantitative estimate of drug-likeness (QED) is 0.600. The fourth-order valence-electron chi connectivity index (χ4n) is 1.74. The molecule has 66 valence electrons. The van der Waals surface area contributed by atoms with Crippen molar-refractivity contribution in [2.75, 3.05) is 27.3 Å². The molecule has 0 radical (unpaired) electrons. The van der Waals surface area contributed by atoms with Gasteiger partial charge in [0, 0.05) is 26.1 Å². The number of halogens is 1. The van der Waals surface area contributed by atoms with Gasteiger partial charge in [-0.1, -0.05) is 0 Å². The molecule has 2 nitrogen and oxygen atoms in total. The molecule has 0 aromatic carbocycles. The van der Waals surface area contributed by atoms with Crippen molar-refractivity contribution < 1.29 is 9.13 Å². The van der Waals surface area contributed by atoms with Gasteiger partial charge in [0.1, 0.15) is 5.67 Å². The van der Waals surface area contributed by atoms with E-state index in [1.54, 1.807) is 14.0 Å². The molecule has 0 aromatic heterocycles. The zero-order chi connectivity index (χ0) is 8.48. The highest BCUT2D eigenvalue weighted by Crippen LogP contribution is 2.28. The summed E-state index contributed by atoms with van der Waals surface area (Å²) in [5.41, 5.74) is -1.02. The van der Waals surface area contributed by atoms with Crippen LogP contribution in [0.3, 0.4) is 0 Å². The smallest absolute Gasteiger partial charge is 0.122 e.